The van der Waals surface area contributed by atoms with Crippen LogP contribution in [-0.2, 0) is 11.2 Å². The Morgan fingerprint density at radius 3 is 3.05 bits per heavy atom. The zero-order valence-corrected chi connectivity index (χ0v) is 11.8. The van der Waals surface area contributed by atoms with Crippen LogP contribution in [0.15, 0.2) is 36.2 Å². The summed E-state index contributed by atoms with van der Waals surface area (Å²) in [5.41, 5.74) is 10.4. The van der Waals surface area contributed by atoms with Crippen molar-refractivity contribution in [3.63, 3.8) is 0 Å². The first-order valence-electron chi connectivity index (χ1n) is 6.76. The molecule has 5 heteroatoms. The van der Waals surface area contributed by atoms with Gasteiger partial charge >= 0.3 is 0 Å². The van der Waals surface area contributed by atoms with Gasteiger partial charge in [0.1, 0.15) is 17.5 Å². The van der Waals surface area contributed by atoms with Gasteiger partial charge in [-0.2, -0.15) is 5.26 Å². The smallest absolute Gasteiger partial charge is 0.119 e. The molecule has 0 aromatic carbocycles. The second kappa shape index (κ2) is 5.43. The molecule has 0 saturated heterocycles. The van der Waals surface area contributed by atoms with Crippen molar-refractivity contribution in [3.05, 3.63) is 47.5 Å². The zero-order chi connectivity index (χ0) is 14.8. The number of nitrogens with zero attached hydrogens (tertiary/aromatic N) is 2. The number of nitrogens with two attached hydrogens (primary N) is 1. The number of pyridine rings is 1. The molecule has 1 atom stereocenters. The Balaban J connectivity index is 1.96. The van der Waals surface area contributed by atoms with Crippen molar-refractivity contribution >= 4 is 5.82 Å². The quantitative estimate of drug-likeness (QED) is 0.903. The van der Waals surface area contributed by atoms with Crippen LogP contribution in [0, 0.1) is 11.3 Å². The number of hydrogen-bond donors (Lipinski definition) is 2. The van der Waals surface area contributed by atoms with E-state index in [1.54, 1.807) is 19.5 Å². The molecule has 0 radical (unpaired) electrons. The Kier molecular flexibility index (Phi) is 3.46. The number of fused-ring (bicyclic) bond motifs is 1. The van der Waals surface area contributed by atoms with Gasteiger partial charge in [0.2, 0.25) is 0 Å². The van der Waals surface area contributed by atoms with Gasteiger partial charge < -0.3 is 15.5 Å². The number of aromatic amines is 1. The van der Waals surface area contributed by atoms with E-state index in [9.17, 15) is 5.26 Å². The van der Waals surface area contributed by atoms with Crippen LogP contribution >= 0.6 is 0 Å². The van der Waals surface area contributed by atoms with Crippen molar-refractivity contribution in [2.24, 2.45) is 0 Å². The first kappa shape index (κ1) is 13.4. The molecule has 0 aromatic rings. The number of nitrogens with one attached hydrogen (secondary N) is 1. The third kappa shape index (κ3) is 2.41. The summed E-state index contributed by atoms with van der Waals surface area (Å²) in [6.45, 7) is 0. The number of nitriles is 1. The highest BCUT2D eigenvalue weighted by Crippen LogP contribution is 2.33. The third-order valence-electron chi connectivity index (χ3n) is 3.79. The first-order valence-corrected chi connectivity index (χ1v) is 6.76. The fourth-order valence-electron chi connectivity index (χ4n) is 2.69. The van der Waals surface area contributed by atoms with Crippen molar-refractivity contribution in [3.8, 4) is 17.2 Å². The summed E-state index contributed by atoms with van der Waals surface area (Å²) in [4.78, 5) is 7.30. The molecule has 3 rings (SSSR count). The molecule has 0 saturated carbocycles. The number of nitrogen functional groups attached to an aromatic ring is 1. The molecule has 2 aliphatic heterocycles. The lowest BCUT2D eigenvalue weighted by Gasteiger charge is -2.19. The molecule has 0 amide bonds. The Hall–Kier alpha value is -2.58. The van der Waals surface area contributed by atoms with E-state index in [-0.39, 0.29) is 6.10 Å². The largest absolute Gasteiger partial charge is 0.384 e. The Morgan fingerprint density at radius 1 is 1.48 bits per heavy atom. The number of hydrogen-bond acceptors (Lipinski definition) is 4. The Labute approximate surface area is 123 Å². The minimum absolute atomic E-state index is 0.119. The highest BCUT2D eigenvalue weighted by Gasteiger charge is 2.19. The van der Waals surface area contributed by atoms with Crippen LogP contribution in [0.5, 0.6) is 0 Å². The summed E-state index contributed by atoms with van der Waals surface area (Å²) in [6, 6.07) is 2.13. The highest BCUT2D eigenvalue weighted by atomic mass is 16.5. The summed E-state index contributed by atoms with van der Waals surface area (Å²) >= 11 is 0. The van der Waals surface area contributed by atoms with Crippen LogP contribution in [0.25, 0.3) is 11.1 Å². The van der Waals surface area contributed by atoms with E-state index in [1.807, 2.05) is 12.2 Å². The van der Waals surface area contributed by atoms with E-state index in [2.05, 4.69) is 22.1 Å². The molecule has 21 heavy (non-hydrogen) atoms. The molecule has 0 spiro atoms. The predicted molar refractivity (Wildman–Crippen MR) is 80.7 cm³/mol. The molecule has 0 bridgehead atoms. The summed E-state index contributed by atoms with van der Waals surface area (Å²) in [5.74, 6) is 0.392. The van der Waals surface area contributed by atoms with Crippen molar-refractivity contribution in [1.82, 2.24) is 9.97 Å². The number of methoxy groups -OCH3 is 1. The van der Waals surface area contributed by atoms with Crippen LogP contribution in [0.3, 0.4) is 0 Å². The van der Waals surface area contributed by atoms with E-state index in [1.165, 1.54) is 5.57 Å². The fraction of sp³-hybridized carbons (Fsp3) is 0.250. The van der Waals surface area contributed by atoms with E-state index >= 15 is 0 Å². The average Bonchev–Trinajstić information content (AvgIpc) is 2.97. The second-order valence-corrected chi connectivity index (χ2v) is 5.10. The van der Waals surface area contributed by atoms with Gasteiger partial charge in [0.15, 0.2) is 0 Å². The first-order chi connectivity index (χ1) is 10.2. The van der Waals surface area contributed by atoms with Gasteiger partial charge in [-0.25, -0.2) is 0 Å². The normalized spacial score (nSPS) is 17.7. The Bertz CT molecular complexity index is 735. The summed E-state index contributed by atoms with van der Waals surface area (Å²) < 4.78 is 5.37. The van der Waals surface area contributed by atoms with Crippen LogP contribution in [0.1, 0.15) is 17.7 Å². The van der Waals surface area contributed by atoms with E-state index < -0.39 is 0 Å². The monoisotopic (exact) mass is 280 g/mol. The molecular formula is C16H16N4O. The lowest BCUT2D eigenvalue weighted by molar-refractivity contribution is 0.139. The van der Waals surface area contributed by atoms with Crippen LogP contribution < -0.4 is 5.73 Å². The van der Waals surface area contributed by atoms with Gasteiger partial charge in [0.25, 0.3) is 0 Å². The maximum absolute atomic E-state index is 9.20. The van der Waals surface area contributed by atoms with Gasteiger partial charge in [0, 0.05) is 42.7 Å². The van der Waals surface area contributed by atoms with E-state index in [0.717, 1.165) is 29.7 Å². The van der Waals surface area contributed by atoms with Crippen molar-refractivity contribution in [1.29, 1.82) is 5.26 Å². The zero-order valence-electron chi connectivity index (χ0n) is 11.8. The van der Waals surface area contributed by atoms with Gasteiger partial charge in [-0.05, 0) is 6.42 Å². The fourth-order valence-corrected chi connectivity index (χ4v) is 2.69. The summed E-state index contributed by atoms with van der Waals surface area (Å²) in [6.07, 6.45) is 11.3. The maximum atomic E-state index is 9.20. The van der Waals surface area contributed by atoms with Crippen molar-refractivity contribution < 1.29 is 4.74 Å². The topological polar surface area (TPSA) is 87.7 Å². The van der Waals surface area contributed by atoms with Gasteiger partial charge in [-0.15, -0.1) is 0 Å². The highest BCUT2D eigenvalue weighted by molar-refractivity contribution is 5.78. The standard InChI is InChI=1S/C16H16N4O/c1-21-11-4-2-3-10(5-11)6-15-14-9-19-8-13(14)12(7-17)16(18)20-15/h2-4,8-9,11,20H,5-6,18H2,1H3. The molecule has 106 valence electrons. The minimum Gasteiger partial charge on any atom is -0.384 e. The molecule has 3 aliphatic rings. The number of H-pyrrole nitrogens is 1. The number of anilines is 1. The molecule has 1 unspecified atom stereocenters. The van der Waals surface area contributed by atoms with Crippen LogP contribution in [0.2, 0.25) is 0 Å². The molecule has 5 nitrogen and oxygen atoms in total. The SMILES string of the molecule is COC1C=CC=C(Cc2[nH]c(N)c(C#N)c3cncc2-3)C1. The van der Waals surface area contributed by atoms with Crippen molar-refractivity contribution in [2.75, 3.05) is 12.8 Å². The summed E-state index contributed by atoms with van der Waals surface area (Å²) in [5, 5.41) is 9.20. The van der Waals surface area contributed by atoms with Gasteiger partial charge in [-0.3, -0.25) is 4.98 Å². The van der Waals surface area contributed by atoms with Crippen molar-refractivity contribution in [2.45, 2.75) is 18.9 Å². The third-order valence-corrected chi connectivity index (χ3v) is 3.79. The number of allylic oxidation sites excluding steroid dienone is 2. The van der Waals surface area contributed by atoms with E-state index in [0.29, 0.717) is 11.4 Å². The molecule has 0 fully saturated rings. The van der Waals surface area contributed by atoms with E-state index in [4.69, 9.17) is 10.5 Å². The molecule has 3 N–H and O–H groups in total. The predicted octanol–water partition coefficient (Wildman–Crippen LogP) is 2.41. The molecule has 2 heterocycles. The Morgan fingerprint density at radius 2 is 2.29 bits per heavy atom. The lowest BCUT2D eigenvalue weighted by Crippen LogP contribution is -2.13. The minimum atomic E-state index is 0.119. The van der Waals surface area contributed by atoms with Gasteiger partial charge in [0.05, 0.1) is 6.10 Å². The molecule has 0 aromatic heterocycles. The summed E-state index contributed by atoms with van der Waals surface area (Å²) in [7, 11) is 1.71. The van der Waals surface area contributed by atoms with Crippen LogP contribution in [-0.4, -0.2) is 23.2 Å². The lowest BCUT2D eigenvalue weighted by atomic mass is 9.94. The number of rotatable bonds is 3. The number of aromatic nitrogens is 2. The molecular weight excluding hydrogens is 264 g/mol. The van der Waals surface area contributed by atoms with Gasteiger partial charge in [-0.1, -0.05) is 23.8 Å². The maximum Gasteiger partial charge on any atom is 0.119 e. The van der Waals surface area contributed by atoms with Crippen LogP contribution in [0.4, 0.5) is 5.82 Å². The number of ether oxygens (including phenoxy) is 1. The second-order valence-electron chi connectivity index (χ2n) is 5.10. The average molecular weight is 280 g/mol. The molecule has 1 aliphatic carbocycles.